The molecule has 1 aromatic carbocycles. The van der Waals surface area contributed by atoms with Gasteiger partial charge in [0.1, 0.15) is 0 Å². The molecule has 1 fully saturated rings. The molecule has 2 rings (SSSR count). The fourth-order valence-electron chi connectivity index (χ4n) is 2.88. The zero-order valence-corrected chi connectivity index (χ0v) is 15.1. The third-order valence-corrected chi connectivity index (χ3v) is 4.14. The lowest BCUT2D eigenvalue weighted by molar-refractivity contribution is 0.174. The van der Waals surface area contributed by atoms with Crippen molar-refractivity contribution in [2.24, 2.45) is 0 Å². The number of piperidine rings is 1. The van der Waals surface area contributed by atoms with Crippen LogP contribution in [0, 0.1) is 0 Å². The molecule has 4 heteroatoms. The molecule has 23 heavy (non-hydrogen) atoms. The van der Waals surface area contributed by atoms with Gasteiger partial charge in [0.25, 0.3) is 0 Å². The average molecular weight is 317 g/mol. The Morgan fingerprint density at radius 1 is 1.22 bits per heavy atom. The standard InChI is InChI=1S/C19H31N3O/c1-14(2)15-8-10-16(11-9-15)20-17-7-6-12-22(13-17)18(23)21-19(3,4)5/h8-11,14,17,20H,6-7,12-13H2,1-5H3,(H,21,23). The first-order valence-electron chi connectivity index (χ1n) is 8.68. The lowest BCUT2D eigenvalue weighted by Crippen LogP contribution is -2.53. The molecule has 1 aromatic rings. The van der Waals surface area contributed by atoms with Crippen LogP contribution in [-0.4, -0.2) is 35.6 Å². The van der Waals surface area contributed by atoms with Crippen molar-refractivity contribution in [1.29, 1.82) is 0 Å². The van der Waals surface area contributed by atoms with Gasteiger partial charge >= 0.3 is 6.03 Å². The molecule has 0 radical (unpaired) electrons. The number of likely N-dealkylation sites (tertiary alicyclic amines) is 1. The van der Waals surface area contributed by atoms with Crippen molar-refractivity contribution in [3.63, 3.8) is 0 Å². The Hall–Kier alpha value is -1.71. The molecule has 1 aliphatic rings. The minimum atomic E-state index is -0.190. The van der Waals surface area contributed by atoms with E-state index in [0.717, 1.165) is 31.6 Å². The van der Waals surface area contributed by atoms with Gasteiger partial charge in [0.2, 0.25) is 0 Å². The van der Waals surface area contributed by atoms with E-state index in [1.54, 1.807) is 0 Å². The summed E-state index contributed by atoms with van der Waals surface area (Å²) in [6, 6.07) is 9.01. The molecule has 1 heterocycles. The summed E-state index contributed by atoms with van der Waals surface area (Å²) in [5.74, 6) is 0.551. The quantitative estimate of drug-likeness (QED) is 0.878. The summed E-state index contributed by atoms with van der Waals surface area (Å²) in [7, 11) is 0. The highest BCUT2D eigenvalue weighted by Gasteiger charge is 2.25. The predicted molar refractivity (Wildman–Crippen MR) is 97.0 cm³/mol. The Kier molecular flexibility index (Phi) is 5.55. The maximum Gasteiger partial charge on any atom is 0.317 e. The fourth-order valence-corrected chi connectivity index (χ4v) is 2.88. The Morgan fingerprint density at radius 2 is 1.87 bits per heavy atom. The Morgan fingerprint density at radius 3 is 2.43 bits per heavy atom. The second kappa shape index (κ2) is 7.24. The highest BCUT2D eigenvalue weighted by Crippen LogP contribution is 2.20. The van der Waals surface area contributed by atoms with Crippen LogP contribution in [0.5, 0.6) is 0 Å². The van der Waals surface area contributed by atoms with Crippen LogP contribution in [0.15, 0.2) is 24.3 Å². The monoisotopic (exact) mass is 317 g/mol. The van der Waals surface area contributed by atoms with Crippen molar-refractivity contribution in [3.8, 4) is 0 Å². The molecule has 1 saturated heterocycles. The minimum absolute atomic E-state index is 0.0409. The summed E-state index contributed by atoms with van der Waals surface area (Å²) in [4.78, 5) is 14.2. The second-order valence-electron chi connectivity index (χ2n) is 7.89. The van der Waals surface area contributed by atoms with E-state index in [0.29, 0.717) is 12.0 Å². The number of benzene rings is 1. The maximum absolute atomic E-state index is 12.3. The van der Waals surface area contributed by atoms with Crippen molar-refractivity contribution in [2.75, 3.05) is 18.4 Å². The van der Waals surface area contributed by atoms with Crippen LogP contribution in [0.2, 0.25) is 0 Å². The molecule has 0 saturated carbocycles. The first-order chi connectivity index (χ1) is 10.7. The van der Waals surface area contributed by atoms with E-state index < -0.39 is 0 Å². The van der Waals surface area contributed by atoms with Crippen LogP contribution in [0.4, 0.5) is 10.5 Å². The van der Waals surface area contributed by atoms with Gasteiger partial charge in [-0.25, -0.2) is 4.79 Å². The number of urea groups is 1. The van der Waals surface area contributed by atoms with E-state index in [2.05, 4.69) is 48.7 Å². The summed E-state index contributed by atoms with van der Waals surface area (Å²) in [5, 5.41) is 6.63. The average Bonchev–Trinajstić information content (AvgIpc) is 2.46. The summed E-state index contributed by atoms with van der Waals surface area (Å²) in [5.41, 5.74) is 2.30. The molecule has 1 unspecified atom stereocenters. The second-order valence-corrected chi connectivity index (χ2v) is 7.89. The van der Waals surface area contributed by atoms with E-state index in [1.807, 2.05) is 25.7 Å². The van der Waals surface area contributed by atoms with Crippen molar-refractivity contribution >= 4 is 11.7 Å². The van der Waals surface area contributed by atoms with Gasteiger partial charge < -0.3 is 15.5 Å². The Labute approximate surface area is 140 Å². The van der Waals surface area contributed by atoms with Gasteiger partial charge in [-0.2, -0.15) is 0 Å². The molecule has 1 atom stereocenters. The van der Waals surface area contributed by atoms with E-state index in [4.69, 9.17) is 0 Å². The van der Waals surface area contributed by atoms with Gasteiger partial charge in [0.05, 0.1) is 0 Å². The smallest absolute Gasteiger partial charge is 0.317 e. The van der Waals surface area contributed by atoms with Gasteiger partial charge in [-0.05, 0) is 57.2 Å². The molecule has 0 aliphatic carbocycles. The molecule has 2 N–H and O–H groups in total. The summed E-state index contributed by atoms with van der Waals surface area (Å²) in [6.07, 6.45) is 2.14. The number of carbonyl (C=O) groups excluding carboxylic acids is 1. The van der Waals surface area contributed by atoms with Gasteiger partial charge in [-0.15, -0.1) is 0 Å². The summed E-state index contributed by atoms with van der Waals surface area (Å²) in [6.45, 7) is 12.0. The first kappa shape index (κ1) is 17.6. The van der Waals surface area contributed by atoms with E-state index in [9.17, 15) is 4.79 Å². The largest absolute Gasteiger partial charge is 0.381 e. The third-order valence-electron chi connectivity index (χ3n) is 4.14. The Balaban J connectivity index is 1.92. The molecular formula is C19H31N3O. The number of hydrogen-bond acceptors (Lipinski definition) is 2. The van der Waals surface area contributed by atoms with Gasteiger partial charge in [0.15, 0.2) is 0 Å². The molecule has 0 aromatic heterocycles. The number of anilines is 1. The van der Waals surface area contributed by atoms with E-state index in [1.165, 1.54) is 5.56 Å². The summed E-state index contributed by atoms with van der Waals surface area (Å²) >= 11 is 0. The molecule has 1 aliphatic heterocycles. The van der Waals surface area contributed by atoms with Crippen molar-refractivity contribution in [2.45, 2.75) is 65.0 Å². The topological polar surface area (TPSA) is 44.4 Å². The van der Waals surface area contributed by atoms with Gasteiger partial charge in [0, 0.05) is 30.4 Å². The SMILES string of the molecule is CC(C)c1ccc(NC2CCCN(C(=O)NC(C)(C)C)C2)cc1. The third kappa shape index (κ3) is 5.45. The molecule has 0 spiro atoms. The van der Waals surface area contributed by atoms with Crippen molar-refractivity contribution in [1.82, 2.24) is 10.2 Å². The zero-order valence-electron chi connectivity index (χ0n) is 15.1. The predicted octanol–water partition coefficient (Wildman–Crippen LogP) is 4.19. The van der Waals surface area contributed by atoms with Crippen LogP contribution in [0.3, 0.4) is 0 Å². The fraction of sp³-hybridized carbons (Fsp3) is 0.632. The zero-order chi connectivity index (χ0) is 17.0. The normalized spacial score (nSPS) is 18.9. The van der Waals surface area contributed by atoms with Crippen LogP contribution >= 0.6 is 0 Å². The number of nitrogens with one attached hydrogen (secondary N) is 2. The van der Waals surface area contributed by atoms with Crippen molar-refractivity contribution in [3.05, 3.63) is 29.8 Å². The number of rotatable bonds is 3. The van der Waals surface area contributed by atoms with E-state index in [-0.39, 0.29) is 11.6 Å². The molecule has 0 bridgehead atoms. The van der Waals surface area contributed by atoms with Gasteiger partial charge in [-0.3, -0.25) is 0 Å². The highest BCUT2D eigenvalue weighted by molar-refractivity contribution is 5.75. The molecule has 4 nitrogen and oxygen atoms in total. The first-order valence-corrected chi connectivity index (χ1v) is 8.68. The number of nitrogens with zero attached hydrogens (tertiary/aromatic N) is 1. The lowest BCUT2D eigenvalue weighted by atomic mass is 10.0. The van der Waals surface area contributed by atoms with Crippen LogP contribution in [0.25, 0.3) is 0 Å². The Bertz CT molecular complexity index is 516. The molecule has 2 amide bonds. The van der Waals surface area contributed by atoms with Crippen LogP contribution in [-0.2, 0) is 0 Å². The minimum Gasteiger partial charge on any atom is -0.381 e. The number of amides is 2. The van der Waals surface area contributed by atoms with E-state index >= 15 is 0 Å². The molecular weight excluding hydrogens is 286 g/mol. The maximum atomic E-state index is 12.3. The van der Waals surface area contributed by atoms with Crippen LogP contribution < -0.4 is 10.6 Å². The molecule has 128 valence electrons. The highest BCUT2D eigenvalue weighted by atomic mass is 16.2. The summed E-state index contributed by atoms with van der Waals surface area (Å²) < 4.78 is 0. The van der Waals surface area contributed by atoms with Crippen molar-refractivity contribution < 1.29 is 4.79 Å². The van der Waals surface area contributed by atoms with Gasteiger partial charge in [-0.1, -0.05) is 26.0 Å². The van der Waals surface area contributed by atoms with Crippen LogP contribution in [0.1, 0.15) is 58.9 Å². The number of hydrogen-bond donors (Lipinski definition) is 2. The lowest BCUT2D eigenvalue weighted by Gasteiger charge is -2.35. The number of carbonyl (C=O) groups is 1.